The van der Waals surface area contributed by atoms with Gasteiger partial charge in [-0.25, -0.2) is 4.79 Å². The van der Waals surface area contributed by atoms with Crippen molar-refractivity contribution in [1.29, 1.82) is 0 Å². The molecule has 2 aromatic rings. The number of hydrogen-bond acceptors (Lipinski definition) is 6. The fraction of sp³-hybridized carbons (Fsp3) is 0.517. The second-order valence-electron chi connectivity index (χ2n) is 10.9. The van der Waals surface area contributed by atoms with Gasteiger partial charge in [-0.05, 0) is 50.7 Å². The molecule has 1 aliphatic heterocycles. The van der Waals surface area contributed by atoms with Crippen molar-refractivity contribution < 1.29 is 24.2 Å². The Kier molecular flexibility index (Phi) is 9.51. The number of rotatable bonds is 9. The first kappa shape index (κ1) is 27.7. The maximum absolute atomic E-state index is 13.3. The fourth-order valence-electron chi connectivity index (χ4n) is 4.74. The van der Waals surface area contributed by atoms with E-state index in [1.165, 1.54) is 0 Å². The van der Waals surface area contributed by atoms with Crippen LogP contribution in [0.2, 0.25) is 0 Å². The average Bonchev–Trinajstić information content (AvgIpc) is 3.15. The van der Waals surface area contributed by atoms with Gasteiger partial charge >= 0.3 is 12.1 Å². The van der Waals surface area contributed by atoms with Gasteiger partial charge in [-0.1, -0.05) is 74.5 Å². The average molecular weight is 497 g/mol. The Labute approximate surface area is 214 Å². The summed E-state index contributed by atoms with van der Waals surface area (Å²) >= 11 is 0. The number of benzene rings is 2. The third kappa shape index (κ3) is 8.07. The molecule has 1 amide bonds. The minimum Gasteiger partial charge on any atom is -0.459 e. The minimum absolute atomic E-state index is 0.141. The molecule has 0 aliphatic carbocycles. The monoisotopic (exact) mass is 496 g/mol. The lowest BCUT2D eigenvalue weighted by Crippen LogP contribution is -2.53. The first-order valence-corrected chi connectivity index (χ1v) is 12.7. The van der Waals surface area contributed by atoms with E-state index in [1.54, 1.807) is 0 Å². The Morgan fingerprint density at radius 3 is 2.17 bits per heavy atom. The largest absolute Gasteiger partial charge is 0.459 e. The molecule has 0 spiro atoms. The Bertz CT molecular complexity index is 974. The van der Waals surface area contributed by atoms with Crippen molar-refractivity contribution in [3.8, 4) is 0 Å². The highest BCUT2D eigenvalue weighted by Gasteiger charge is 2.49. The van der Waals surface area contributed by atoms with E-state index >= 15 is 0 Å². The summed E-state index contributed by atoms with van der Waals surface area (Å²) in [5.74, 6) is -0.119. The molecule has 1 aliphatic rings. The number of carbonyl (C=O) groups excluding carboxylic acids is 2. The minimum atomic E-state index is -0.749. The number of carbonyl (C=O) groups is 2. The third-order valence-corrected chi connectivity index (χ3v) is 6.18. The zero-order valence-electron chi connectivity index (χ0n) is 22.0. The maximum Gasteiger partial charge on any atom is 0.407 e. The summed E-state index contributed by atoms with van der Waals surface area (Å²) in [6.45, 7) is 10.2. The van der Waals surface area contributed by atoms with E-state index in [1.807, 2.05) is 100 Å². The fourth-order valence-corrected chi connectivity index (χ4v) is 4.74. The van der Waals surface area contributed by atoms with Crippen molar-refractivity contribution in [2.24, 2.45) is 5.92 Å². The summed E-state index contributed by atoms with van der Waals surface area (Å²) in [6.07, 6.45) is -0.466. The van der Waals surface area contributed by atoms with Crippen LogP contribution in [-0.4, -0.2) is 51.9 Å². The number of nitrogens with zero attached hydrogens (tertiary/aromatic N) is 1. The van der Waals surface area contributed by atoms with Crippen molar-refractivity contribution in [1.82, 2.24) is 10.2 Å². The molecule has 1 unspecified atom stereocenters. The van der Waals surface area contributed by atoms with Crippen LogP contribution in [0.25, 0.3) is 0 Å². The molecule has 1 heterocycles. The molecule has 196 valence electrons. The Balaban J connectivity index is 1.85. The van der Waals surface area contributed by atoms with Crippen molar-refractivity contribution in [3.63, 3.8) is 0 Å². The lowest BCUT2D eigenvalue weighted by Gasteiger charge is -2.35. The van der Waals surface area contributed by atoms with Crippen LogP contribution in [0.15, 0.2) is 60.7 Å². The highest BCUT2D eigenvalue weighted by molar-refractivity contribution is 5.77. The van der Waals surface area contributed by atoms with Gasteiger partial charge in [0.2, 0.25) is 0 Å². The topological polar surface area (TPSA) is 88.1 Å². The van der Waals surface area contributed by atoms with E-state index in [4.69, 9.17) is 9.47 Å². The molecule has 0 aromatic heterocycles. The van der Waals surface area contributed by atoms with E-state index < -0.39 is 35.9 Å². The Morgan fingerprint density at radius 2 is 1.61 bits per heavy atom. The predicted octanol–water partition coefficient (Wildman–Crippen LogP) is 4.67. The summed E-state index contributed by atoms with van der Waals surface area (Å²) in [5.41, 5.74) is 1.25. The number of aliphatic hydroxyl groups excluding tert-OH is 1. The number of ether oxygens (including phenoxy) is 2. The summed E-state index contributed by atoms with van der Waals surface area (Å²) in [5, 5.41) is 14.3. The van der Waals surface area contributed by atoms with Crippen LogP contribution in [0.1, 0.15) is 58.6 Å². The maximum atomic E-state index is 13.3. The van der Waals surface area contributed by atoms with E-state index in [-0.39, 0.29) is 18.5 Å². The first-order valence-electron chi connectivity index (χ1n) is 12.7. The van der Waals surface area contributed by atoms with E-state index in [0.29, 0.717) is 19.4 Å². The van der Waals surface area contributed by atoms with Crippen LogP contribution in [0.4, 0.5) is 4.79 Å². The molecule has 2 aromatic carbocycles. The van der Waals surface area contributed by atoms with Crippen molar-refractivity contribution >= 4 is 12.1 Å². The van der Waals surface area contributed by atoms with Crippen molar-refractivity contribution in [2.45, 2.75) is 90.4 Å². The lowest BCUT2D eigenvalue weighted by molar-refractivity contribution is -0.161. The third-order valence-electron chi connectivity index (χ3n) is 6.18. The van der Waals surface area contributed by atoms with E-state index in [2.05, 4.69) is 5.32 Å². The summed E-state index contributed by atoms with van der Waals surface area (Å²) < 4.78 is 11.2. The van der Waals surface area contributed by atoms with Crippen LogP contribution < -0.4 is 5.32 Å². The number of amides is 1. The smallest absolute Gasteiger partial charge is 0.407 e. The Hall–Kier alpha value is -2.90. The van der Waals surface area contributed by atoms with Gasteiger partial charge in [0.05, 0.1) is 18.2 Å². The highest BCUT2D eigenvalue weighted by atomic mass is 16.6. The van der Waals surface area contributed by atoms with Gasteiger partial charge < -0.3 is 19.9 Å². The standard InChI is InChI=1S/C29H40N2O5/c1-20(2)16-25(32)26-23(30-28(34)35-19-22-14-10-7-11-15-22)17-24(27(33)36-29(3,4)5)31(26)18-21-12-8-6-9-13-21/h6-15,20,23-26,32H,16-19H2,1-5H3,(H,30,34)/t23-,24-,25?,26-/m1/s1. The number of esters is 1. The van der Waals surface area contributed by atoms with Crippen molar-refractivity contribution in [2.75, 3.05) is 0 Å². The molecule has 1 saturated heterocycles. The molecule has 0 radical (unpaired) electrons. The normalized spacial score (nSPS) is 21.2. The van der Waals surface area contributed by atoms with Crippen LogP contribution >= 0.6 is 0 Å². The molecular formula is C29H40N2O5. The van der Waals surface area contributed by atoms with Gasteiger partial charge in [-0.2, -0.15) is 0 Å². The second kappa shape index (κ2) is 12.4. The van der Waals surface area contributed by atoms with Gasteiger partial charge in [-0.3, -0.25) is 9.69 Å². The Morgan fingerprint density at radius 1 is 1.03 bits per heavy atom. The quantitative estimate of drug-likeness (QED) is 0.491. The SMILES string of the molecule is CC(C)CC(O)[C@H]1[C@H](NC(=O)OCc2ccccc2)C[C@H](C(=O)OC(C)(C)C)N1Cc1ccccc1. The number of nitrogens with one attached hydrogen (secondary N) is 1. The molecule has 0 saturated carbocycles. The number of alkyl carbamates (subject to hydrolysis) is 1. The lowest BCUT2D eigenvalue weighted by atomic mass is 9.95. The van der Waals surface area contributed by atoms with E-state index in [9.17, 15) is 14.7 Å². The molecule has 3 rings (SSSR count). The van der Waals surface area contributed by atoms with Crippen LogP contribution in [-0.2, 0) is 27.4 Å². The summed E-state index contributed by atoms with van der Waals surface area (Å²) in [6, 6.07) is 17.7. The number of aliphatic hydroxyl groups is 1. The zero-order valence-corrected chi connectivity index (χ0v) is 22.0. The molecule has 0 bridgehead atoms. The molecule has 7 nitrogen and oxygen atoms in total. The van der Waals surface area contributed by atoms with Crippen LogP contribution in [0.3, 0.4) is 0 Å². The van der Waals surface area contributed by atoms with Gasteiger partial charge in [0, 0.05) is 6.54 Å². The van der Waals surface area contributed by atoms with Crippen LogP contribution in [0.5, 0.6) is 0 Å². The number of likely N-dealkylation sites (tertiary alicyclic amines) is 1. The molecule has 36 heavy (non-hydrogen) atoms. The molecule has 1 fully saturated rings. The molecular weight excluding hydrogens is 456 g/mol. The summed E-state index contributed by atoms with van der Waals surface area (Å²) in [7, 11) is 0. The molecule has 2 N–H and O–H groups in total. The van der Waals surface area contributed by atoms with Gasteiger partial charge in [-0.15, -0.1) is 0 Å². The second-order valence-corrected chi connectivity index (χ2v) is 10.9. The van der Waals surface area contributed by atoms with E-state index in [0.717, 1.165) is 11.1 Å². The van der Waals surface area contributed by atoms with Gasteiger partial charge in [0.1, 0.15) is 18.2 Å². The van der Waals surface area contributed by atoms with Gasteiger partial charge in [0.15, 0.2) is 0 Å². The molecule has 4 atom stereocenters. The van der Waals surface area contributed by atoms with Crippen LogP contribution in [0, 0.1) is 5.92 Å². The highest BCUT2D eigenvalue weighted by Crippen LogP contribution is 2.33. The predicted molar refractivity (Wildman–Crippen MR) is 139 cm³/mol. The first-order chi connectivity index (χ1) is 17.0. The molecule has 7 heteroatoms. The summed E-state index contributed by atoms with van der Waals surface area (Å²) in [4.78, 5) is 28.1. The number of hydrogen-bond donors (Lipinski definition) is 2. The van der Waals surface area contributed by atoms with Gasteiger partial charge in [0.25, 0.3) is 0 Å². The van der Waals surface area contributed by atoms with Crippen molar-refractivity contribution in [3.05, 3.63) is 71.8 Å². The zero-order chi connectivity index (χ0) is 26.3.